The van der Waals surface area contributed by atoms with Gasteiger partial charge >= 0.3 is 0 Å². The summed E-state index contributed by atoms with van der Waals surface area (Å²) in [6.45, 7) is 3.16. The number of nitrogens with zero attached hydrogens (tertiary/aromatic N) is 1. The first kappa shape index (κ1) is 18.8. The van der Waals surface area contributed by atoms with Crippen LogP contribution in [0.4, 0.5) is 0 Å². The lowest BCUT2D eigenvalue weighted by Crippen LogP contribution is -1.99. The van der Waals surface area contributed by atoms with E-state index in [9.17, 15) is 0 Å². The van der Waals surface area contributed by atoms with Crippen molar-refractivity contribution >= 4 is 23.4 Å². The molecule has 0 aliphatic carbocycles. The van der Waals surface area contributed by atoms with Crippen LogP contribution in [0.1, 0.15) is 32.3 Å². The van der Waals surface area contributed by atoms with E-state index in [1.165, 1.54) is 9.79 Å². The van der Waals surface area contributed by atoms with Crippen molar-refractivity contribution in [3.63, 3.8) is 0 Å². The molecule has 2 N–H and O–H groups in total. The Morgan fingerprint density at radius 2 is 1.57 bits per heavy atom. The highest BCUT2D eigenvalue weighted by molar-refractivity contribution is 7.99. The Bertz CT molecular complexity index is 620. The Morgan fingerprint density at radius 1 is 1.04 bits per heavy atom. The monoisotopic (exact) mass is 331 g/mol. The summed E-state index contributed by atoms with van der Waals surface area (Å²) < 4.78 is 0. The van der Waals surface area contributed by atoms with Gasteiger partial charge in [0.2, 0.25) is 0 Å². The van der Waals surface area contributed by atoms with E-state index in [4.69, 9.17) is 15.1 Å². The Balaban J connectivity index is 0.000000593. The summed E-state index contributed by atoms with van der Waals surface area (Å²) in [5, 5.41) is 19.8. The zero-order valence-electron chi connectivity index (χ0n) is 13.3. The van der Waals surface area contributed by atoms with Gasteiger partial charge in [0.25, 0.3) is 5.97 Å². The van der Waals surface area contributed by atoms with E-state index in [0.717, 1.165) is 31.0 Å². The zero-order chi connectivity index (χ0) is 17.1. The third-order valence-corrected chi connectivity index (χ3v) is 3.79. The molecule has 5 heteroatoms. The van der Waals surface area contributed by atoms with Crippen molar-refractivity contribution in [3.05, 3.63) is 60.2 Å². The highest BCUT2D eigenvalue weighted by atomic mass is 32.2. The van der Waals surface area contributed by atoms with Gasteiger partial charge in [-0.2, -0.15) is 0 Å². The minimum absolute atomic E-state index is 0.749. The van der Waals surface area contributed by atoms with Gasteiger partial charge in [-0.25, -0.2) is 0 Å². The van der Waals surface area contributed by atoms with Crippen LogP contribution in [0.25, 0.3) is 0 Å². The van der Waals surface area contributed by atoms with E-state index < -0.39 is 5.97 Å². The van der Waals surface area contributed by atoms with Crippen molar-refractivity contribution in [1.29, 1.82) is 0 Å². The molecular formula is C18H21NO3S. The molecule has 2 aromatic rings. The molecule has 23 heavy (non-hydrogen) atoms. The van der Waals surface area contributed by atoms with E-state index in [0.29, 0.717) is 0 Å². The molecule has 0 atom stereocenters. The smallest absolute Gasteiger partial charge is 0.300 e. The number of hydrogen-bond acceptors (Lipinski definition) is 4. The lowest BCUT2D eigenvalue weighted by atomic mass is 10.1. The van der Waals surface area contributed by atoms with Crippen LogP contribution in [-0.2, 0) is 4.79 Å². The minimum atomic E-state index is -0.833. The maximum Gasteiger partial charge on any atom is 0.300 e. The molecule has 4 nitrogen and oxygen atoms in total. The second-order valence-corrected chi connectivity index (χ2v) is 5.90. The molecule has 0 amide bonds. The highest BCUT2D eigenvalue weighted by Gasteiger charge is 2.04. The van der Waals surface area contributed by atoms with Crippen LogP contribution in [0.2, 0.25) is 0 Å². The number of hydrogen-bond donors (Lipinski definition) is 2. The Hall–Kier alpha value is -2.27. The first-order chi connectivity index (χ1) is 11.1. The van der Waals surface area contributed by atoms with E-state index in [1.54, 1.807) is 11.8 Å². The molecule has 0 unspecified atom stereocenters. The Labute approximate surface area is 140 Å². The van der Waals surface area contributed by atoms with E-state index in [-0.39, 0.29) is 0 Å². The summed E-state index contributed by atoms with van der Waals surface area (Å²) in [4.78, 5) is 11.4. The molecular weight excluding hydrogens is 310 g/mol. The number of aliphatic carboxylic acids is 1. The molecule has 0 fully saturated rings. The third-order valence-electron chi connectivity index (χ3n) is 2.77. The maximum atomic E-state index is 9.00. The Morgan fingerprint density at radius 3 is 2.04 bits per heavy atom. The van der Waals surface area contributed by atoms with Gasteiger partial charge in [0.15, 0.2) is 0 Å². The molecule has 0 bridgehead atoms. The van der Waals surface area contributed by atoms with Gasteiger partial charge in [-0.05, 0) is 36.2 Å². The Kier molecular flexibility index (Phi) is 8.54. The number of carboxylic acids is 1. The first-order valence-corrected chi connectivity index (χ1v) is 8.12. The molecule has 0 aliphatic rings. The number of oxime groups is 1. The number of rotatable bonds is 5. The number of benzene rings is 2. The highest BCUT2D eigenvalue weighted by Crippen LogP contribution is 2.27. The fourth-order valence-corrected chi connectivity index (χ4v) is 2.67. The van der Waals surface area contributed by atoms with Gasteiger partial charge in [-0.3, -0.25) is 4.79 Å². The van der Waals surface area contributed by atoms with Gasteiger partial charge in [0.05, 0.1) is 5.71 Å². The molecule has 0 spiro atoms. The van der Waals surface area contributed by atoms with Gasteiger partial charge < -0.3 is 10.3 Å². The van der Waals surface area contributed by atoms with Crippen LogP contribution < -0.4 is 0 Å². The molecule has 122 valence electrons. The van der Waals surface area contributed by atoms with Crippen LogP contribution in [0.5, 0.6) is 0 Å². The molecule has 2 rings (SSSR count). The maximum absolute atomic E-state index is 9.00. The molecule has 0 saturated carbocycles. The van der Waals surface area contributed by atoms with Gasteiger partial charge in [-0.15, -0.1) is 0 Å². The van der Waals surface area contributed by atoms with Crippen molar-refractivity contribution < 1.29 is 15.1 Å². The number of carbonyl (C=O) groups is 1. The second-order valence-electron chi connectivity index (χ2n) is 4.76. The van der Waals surface area contributed by atoms with Crippen LogP contribution in [-0.4, -0.2) is 22.0 Å². The summed E-state index contributed by atoms with van der Waals surface area (Å²) in [5.41, 5.74) is 1.74. The topological polar surface area (TPSA) is 69.9 Å². The average Bonchev–Trinajstić information content (AvgIpc) is 2.54. The molecule has 0 heterocycles. The lowest BCUT2D eigenvalue weighted by Gasteiger charge is -2.05. The van der Waals surface area contributed by atoms with Crippen LogP contribution in [0, 0.1) is 0 Å². The van der Waals surface area contributed by atoms with Crippen molar-refractivity contribution in [1.82, 2.24) is 0 Å². The summed E-state index contributed by atoms with van der Waals surface area (Å²) in [5.74, 6) is -0.833. The second kappa shape index (κ2) is 10.5. The first-order valence-electron chi connectivity index (χ1n) is 7.30. The predicted octanol–water partition coefficient (Wildman–Crippen LogP) is 4.91. The van der Waals surface area contributed by atoms with Crippen molar-refractivity contribution in [2.24, 2.45) is 5.16 Å². The van der Waals surface area contributed by atoms with E-state index >= 15 is 0 Å². The fourth-order valence-electron chi connectivity index (χ4n) is 1.83. The van der Waals surface area contributed by atoms with Crippen molar-refractivity contribution in [3.8, 4) is 0 Å². The predicted molar refractivity (Wildman–Crippen MR) is 93.5 cm³/mol. The lowest BCUT2D eigenvalue weighted by molar-refractivity contribution is -0.134. The van der Waals surface area contributed by atoms with Crippen LogP contribution in [0.3, 0.4) is 0 Å². The third kappa shape index (κ3) is 7.51. The summed E-state index contributed by atoms with van der Waals surface area (Å²) in [6, 6.07) is 18.4. The molecule has 0 saturated heterocycles. The van der Waals surface area contributed by atoms with E-state index in [2.05, 4.69) is 36.3 Å². The van der Waals surface area contributed by atoms with Crippen molar-refractivity contribution in [2.45, 2.75) is 36.5 Å². The normalized spacial score (nSPS) is 10.6. The summed E-state index contributed by atoms with van der Waals surface area (Å²) in [6.07, 6.45) is 1.77. The molecule has 0 aliphatic heterocycles. The van der Waals surface area contributed by atoms with Gasteiger partial charge in [0, 0.05) is 16.7 Å². The van der Waals surface area contributed by atoms with Gasteiger partial charge in [0.1, 0.15) is 0 Å². The van der Waals surface area contributed by atoms with Crippen LogP contribution >= 0.6 is 11.8 Å². The standard InChI is InChI=1S/C16H17NOS.C2H4O2/c1-2-6-16(17-18)13-9-11-15(12-10-13)19-14-7-4-3-5-8-14;1-2(3)4/h3-5,7-12,18H,2,6H2,1H3;1H3,(H,3,4). The summed E-state index contributed by atoms with van der Waals surface area (Å²) >= 11 is 1.73. The zero-order valence-corrected chi connectivity index (χ0v) is 14.1. The molecule has 0 aromatic heterocycles. The van der Waals surface area contributed by atoms with Crippen molar-refractivity contribution in [2.75, 3.05) is 0 Å². The quantitative estimate of drug-likeness (QED) is 0.464. The average molecular weight is 331 g/mol. The number of carboxylic acid groups (broad SMARTS) is 1. The molecule has 0 radical (unpaired) electrons. The molecule has 2 aromatic carbocycles. The van der Waals surface area contributed by atoms with Crippen LogP contribution in [0.15, 0.2) is 69.5 Å². The summed E-state index contributed by atoms with van der Waals surface area (Å²) in [7, 11) is 0. The largest absolute Gasteiger partial charge is 0.481 e. The van der Waals surface area contributed by atoms with E-state index in [1.807, 2.05) is 30.3 Å². The fraction of sp³-hybridized carbons (Fsp3) is 0.222. The minimum Gasteiger partial charge on any atom is -0.481 e. The SMILES string of the molecule is CC(=O)O.CCCC(=NO)c1ccc(Sc2ccccc2)cc1. The van der Waals surface area contributed by atoms with Gasteiger partial charge in [-0.1, -0.05) is 60.6 Å².